The van der Waals surface area contributed by atoms with Crippen LogP contribution in [0.2, 0.25) is 0 Å². The maximum Gasteiger partial charge on any atom is 0.167 e. The lowest BCUT2D eigenvalue weighted by Crippen LogP contribution is -2.55. The van der Waals surface area contributed by atoms with Crippen molar-refractivity contribution < 1.29 is 20.1 Å². The molecule has 1 aliphatic heterocycles. The average molecular weight is 246 g/mol. The average Bonchev–Trinajstić information content (AvgIpc) is 2.76. The molecule has 0 spiro atoms. The molecule has 0 saturated carbocycles. The number of aromatic amines is 1. The SMILES string of the molecule is C[C@H]1O[C@@H](Sc2ncc[nH]2)[C@@H](O)[C@@H](O)[C@@H]1O. The van der Waals surface area contributed by atoms with Crippen LogP contribution in [0.5, 0.6) is 0 Å². The first kappa shape index (κ1) is 11.9. The first-order valence-corrected chi connectivity index (χ1v) is 5.83. The number of aliphatic hydroxyl groups excluding tert-OH is 3. The van der Waals surface area contributed by atoms with Gasteiger partial charge >= 0.3 is 0 Å². The molecule has 6 nitrogen and oxygen atoms in total. The standard InChI is InChI=1S/C9H14N2O4S/c1-4-5(12)6(13)7(14)8(15-4)16-9-10-2-3-11-9/h2-8,12-14H,1H3,(H,10,11)/t4-,5-,6+,7+,8+/m1/s1. The number of aromatic nitrogens is 2. The van der Waals surface area contributed by atoms with Crippen LogP contribution >= 0.6 is 11.8 Å². The third-order valence-electron chi connectivity index (χ3n) is 2.51. The van der Waals surface area contributed by atoms with E-state index in [0.717, 1.165) is 0 Å². The van der Waals surface area contributed by atoms with Gasteiger partial charge in [0.25, 0.3) is 0 Å². The zero-order valence-electron chi connectivity index (χ0n) is 8.65. The van der Waals surface area contributed by atoms with Gasteiger partial charge in [0.15, 0.2) is 5.16 Å². The molecule has 16 heavy (non-hydrogen) atoms. The van der Waals surface area contributed by atoms with Gasteiger partial charge in [-0.05, 0) is 6.92 Å². The van der Waals surface area contributed by atoms with Crippen molar-refractivity contribution in [1.82, 2.24) is 9.97 Å². The molecule has 1 aromatic rings. The molecule has 1 aliphatic rings. The van der Waals surface area contributed by atoms with Crippen molar-refractivity contribution in [3.63, 3.8) is 0 Å². The fourth-order valence-electron chi connectivity index (χ4n) is 1.54. The minimum Gasteiger partial charge on any atom is -0.388 e. The number of aliphatic hydroxyl groups is 3. The molecule has 1 saturated heterocycles. The summed E-state index contributed by atoms with van der Waals surface area (Å²) in [6, 6.07) is 0. The van der Waals surface area contributed by atoms with Gasteiger partial charge in [-0.25, -0.2) is 4.98 Å². The minimum atomic E-state index is -1.20. The van der Waals surface area contributed by atoms with E-state index < -0.39 is 29.9 Å². The fraction of sp³-hybridized carbons (Fsp3) is 0.667. The van der Waals surface area contributed by atoms with Gasteiger partial charge in [0.1, 0.15) is 23.7 Å². The molecular weight excluding hydrogens is 232 g/mol. The van der Waals surface area contributed by atoms with Crippen molar-refractivity contribution in [2.45, 2.75) is 41.9 Å². The lowest BCUT2D eigenvalue weighted by molar-refractivity contribution is -0.192. The van der Waals surface area contributed by atoms with E-state index in [2.05, 4.69) is 9.97 Å². The van der Waals surface area contributed by atoms with Crippen molar-refractivity contribution in [2.24, 2.45) is 0 Å². The van der Waals surface area contributed by atoms with Crippen LogP contribution in [-0.4, -0.2) is 55.1 Å². The van der Waals surface area contributed by atoms with Crippen molar-refractivity contribution in [3.8, 4) is 0 Å². The van der Waals surface area contributed by atoms with Gasteiger partial charge < -0.3 is 25.0 Å². The smallest absolute Gasteiger partial charge is 0.167 e. The summed E-state index contributed by atoms with van der Waals surface area (Å²) < 4.78 is 5.40. The van der Waals surface area contributed by atoms with Crippen LogP contribution in [0.25, 0.3) is 0 Å². The molecule has 2 heterocycles. The number of nitrogens with one attached hydrogen (secondary N) is 1. The van der Waals surface area contributed by atoms with Crippen LogP contribution in [0.15, 0.2) is 17.6 Å². The molecule has 1 fully saturated rings. The predicted molar refractivity (Wildman–Crippen MR) is 56.8 cm³/mol. The largest absolute Gasteiger partial charge is 0.388 e. The van der Waals surface area contributed by atoms with E-state index in [4.69, 9.17) is 4.74 Å². The second-order valence-electron chi connectivity index (χ2n) is 3.69. The Balaban J connectivity index is 2.04. The van der Waals surface area contributed by atoms with Crippen molar-refractivity contribution in [1.29, 1.82) is 0 Å². The second-order valence-corrected chi connectivity index (χ2v) is 4.78. The predicted octanol–water partition coefficient (Wildman–Crippen LogP) is -0.671. The van der Waals surface area contributed by atoms with E-state index in [-0.39, 0.29) is 0 Å². The lowest BCUT2D eigenvalue weighted by atomic mass is 10.0. The third-order valence-corrected chi connectivity index (χ3v) is 3.58. The Hall–Kier alpha value is -0.600. The topological polar surface area (TPSA) is 98.6 Å². The maximum atomic E-state index is 9.73. The Morgan fingerprint density at radius 2 is 2.06 bits per heavy atom. The molecule has 0 bridgehead atoms. The molecule has 1 aromatic heterocycles. The monoisotopic (exact) mass is 246 g/mol. The molecule has 90 valence electrons. The summed E-state index contributed by atoms with van der Waals surface area (Å²) in [5.41, 5.74) is -0.639. The molecule has 0 aliphatic carbocycles. The van der Waals surface area contributed by atoms with E-state index in [0.29, 0.717) is 5.16 Å². The number of H-pyrrole nitrogens is 1. The summed E-state index contributed by atoms with van der Waals surface area (Å²) in [5, 5.41) is 29.4. The number of nitrogens with zero attached hydrogens (tertiary/aromatic N) is 1. The van der Waals surface area contributed by atoms with Gasteiger partial charge in [0.05, 0.1) is 6.10 Å². The Kier molecular flexibility index (Phi) is 3.50. The van der Waals surface area contributed by atoms with Gasteiger partial charge in [-0.3, -0.25) is 0 Å². The third kappa shape index (κ3) is 2.23. The summed E-state index contributed by atoms with van der Waals surface area (Å²) in [5.74, 6) is 0. The van der Waals surface area contributed by atoms with Crippen LogP contribution in [-0.2, 0) is 4.74 Å². The van der Waals surface area contributed by atoms with E-state index in [1.165, 1.54) is 11.8 Å². The Morgan fingerprint density at radius 1 is 1.31 bits per heavy atom. The van der Waals surface area contributed by atoms with E-state index in [1.54, 1.807) is 19.3 Å². The second kappa shape index (κ2) is 4.72. The van der Waals surface area contributed by atoms with Gasteiger partial charge in [-0.1, -0.05) is 11.8 Å². The van der Waals surface area contributed by atoms with Gasteiger partial charge in [0.2, 0.25) is 0 Å². The number of hydrogen-bond donors (Lipinski definition) is 4. The zero-order valence-corrected chi connectivity index (χ0v) is 9.46. The number of hydrogen-bond acceptors (Lipinski definition) is 6. The Bertz CT molecular complexity index is 334. The van der Waals surface area contributed by atoms with Crippen LogP contribution in [0.3, 0.4) is 0 Å². The summed E-state index contributed by atoms with van der Waals surface area (Å²) in [6.45, 7) is 1.65. The highest BCUT2D eigenvalue weighted by Gasteiger charge is 2.42. The summed E-state index contributed by atoms with van der Waals surface area (Å²) in [4.78, 5) is 6.85. The molecule has 7 heteroatoms. The molecule has 5 atom stereocenters. The van der Waals surface area contributed by atoms with Gasteiger partial charge in [-0.15, -0.1) is 0 Å². The molecule has 0 unspecified atom stereocenters. The van der Waals surface area contributed by atoms with E-state index in [1.807, 2.05) is 0 Å². The highest BCUT2D eigenvalue weighted by Crippen LogP contribution is 2.31. The highest BCUT2D eigenvalue weighted by molar-refractivity contribution is 7.99. The first-order chi connectivity index (χ1) is 7.59. The van der Waals surface area contributed by atoms with Gasteiger partial charge in [0, 0.05) is 12.4 Å². The summed E-state index contributed by atoms with van der Waals surface area (Å²) >= 11 is 1.18. The quantitative estimate of drug-likeness (QED) is 0.552. The Morgan fingerprint density at radius 3 is 2.69 bits per heavy atom. The van der Waals surface area contributed by atoms with Crippen LogP contribution in [0, 0.1) is 0 Å². The van der Waals surface area contributed by atoms with Crippen LogP contribution in [0.4, 0.5) is 0 Å². The van der Waals surface area contributed by atoms with E-state index >= 15 is 0 Å². The molecule has 0 amide bonds. The number of ether oxygens (including phenoxy) is 1. The number of imidazole rings is 1. The molecule has 4 N–H and O–H groups in total. The zero-order chi connectivity index (χ0) is 11.7. The summed E-state index contributed by atoms with van der Waals surface area (Å²) in [6.07, 6.45) is -0.676. The maximum absolute atomic E-state index is 9.73. The fourth-order valence-corrected chi connectivity index (χ4v) is 2.55. The minimum absolute atomic E-state index is 0.522. The molecule has 0 aromatic carbocycles. The normalized spacial score (nSPS) is 39.9. The number of thioether (sulfide) groups is 1. The van der Waals surface area contributed by atoms with E-state index in [9.17, 15) is 15.3 Å². The lowest BCUT2D eigenvalue weighted by Gasteiger charge is -2.38. The van der Waals surface area contributed by atoms with Crippen LogP contribution in [0.1, 0.15) is 6.92 Å². The number of rotatable bonds is 2. The van der Waals surface area contributed by atoms with Crippen molar-refractivity contribution in [2.75, 3.05) is 0 Å². The molecular formula is C9H14N2O4S. The molecule has 0 radical (unpaired) electrons. The van der Waals surface area contributed by atoms with Crippen molar-refractivity contribution >= 4 is 11.8 Å². The summed E-state index contributed by atoms with van der Waals surface area (Å²) in [7, 11) is 0. The van der Waals surface area contributed by atoms with Gasteiger partial charge in [-0.2, -0.15) is 0 Å². The van der Waals surface area contributed by atoms with Crippen LogP contribution < -0.4 is 0 Å². The Labute approximate surface area is 96.7 Å². The first-order valence-electron chi connectivity index (χ1n) is 4.95. The highest BCUT2D eigenvalue weighted by atomic mass is 32.2. The molecule has 2 rings (SSSR count). The van der Waals surface area contributed by atoms with Crippen molar-refractivity contribution in [3.05, 3.63) is 12.4 Å².